The summed E-state index contributed by atoms with van der Waals surface area (Å²) in [5.74, 6) is -0.499. The smallest absolute Gasteiger partial charge is 0.259 e. The molecule has 2 aromatic rings. The Bertz CT molecular complexity index is 571. The van der Waals surface area contributed by atoms with E-state index in [0.717, 1.165) is 11.3 Å². The van der Waals surface area contributed by atoms with Crippen LogP contribution in [0.1, 0.15) is 10.4 Å². The molecule has 2 N–H and O–H groups in total. The lowest BCUT2D eigenvalue weighted by molar-refractivity contribution is 0.102. The second-order valence-corrected chi connectivity index (χ2v) is 5.35. The molecule has 4 nitrogen and oxygen atoms in total. The first-order valence-corrected chi connectivity index (χ1v) is 6.05. The minimum absolute atomic E-state index is 0.0795. The molecule has 0 radical (unpaired) electrons. The molecule has 2 aromatic heterocycles. The first-order chi connectivity index (χ1) is 8.08. The van der Waals surface area contributed by atoms with E-state index in [9.17, 15) is 9.90 Å². The van der Waals surface area contributed by atoms with Crippen molar-refractivity contribution in [1.29, 1.82) is 0 Å². The van der Waals surface area contributed by atoms with Crippen LogP contribution in [0.5, 0.6) is 5.75 Å². The van der Waals surface area contributed by atoms with Gasteiger partial charge in [-0.3, -0.25) is 4.79 Å². The largest absolute Gasteiger partial charge is 0.504 e. The van der Waals surface area contributed by atoms with Crippen molar-refractivity contribution in [3.05, 3.63) is 38.6 Å². The highest BCUT2D eigenvalue weighted by atomic mass is 35.5. The second kappa shape index (κ2) is 4.91. The molecule has 0 saturated carbocycles. The summed E-state index contributed by atoms with van der Waals surface area (Å²) in [6, 6.07) is 4.44. The highest BCUT2D eigenvalue weighted by molar-refractivity contribution is 7.20. The van der Waals surface area contributed by atoms with Gasteiger partial charge in [0.05, 0.1) is 9.90 Å². The average molecular weight is 289 g/mol. The van der Waals surface area contributed by atoms with Crippen molar-refractivity contribution >= 4 is 46.3 Å². The number of hydrogen-bond donors (Lipinski definition) is 2. The Hall–Kier alpha value is -1.30. The number of anilines is 1. The minimum Gasteiger partial charge on any atom is -0.504 e. The molecule has 0 spiro atoms. The third kappa shape index (κ3) is 2.69. The summed E-state index contributed by atoms with van der Waals surface area (Å²) in [5, 5.41) is 11.9. The zero-order chi connectivity index (χ0) is 12.4. The van der Waals surface area contributed by atoms with Gasteiger partial charge < -0.3 is 10.4 Å². The molecule has 0 fully saturated rings. The topological polar surface area (TPSA) is 62.2 Å². The Morgan fingerprint density at radius 3 is 2.82 bits per heavy atom. The maximum absolute atomic E-state index is 11.8. The van der Waals surface area contributed by atoms with Gasteiger partial charge in [-0.05, 0) is 18.2 Å². The molecule has 0 aliphatic rings. The SMILES string of the molecule is O=C(Nc1ncccc1O)c1cc(Cl)sc1Cl. The van der Waals surface area contributed by atoms with Crippen molar-refractivity contribution in [2.75, 3.05) is 5.32 Å². The summed E-state index contributed by atoms with van der Waals surface area (Å²) in [6.45, 7) is 0. The van der Waals surface area contributed by atoms with Crippen molar-refractivity contribution in [2.24, 2.45) is 0 Å². The maximum atomic E-state index is 11.8. The number of carbonyl (C=O) groups excluding carboxylic acids is 1. The Balaban J connectivity index is 2.23. The number of hydrogen-bond acceptors (Lipinski definition) is 4. The lowest BCUT2D eigenvalue weighted by Crippen LogP contribution is -2.12. The lowest BCUT2D eigenvalue weighted by atomic mass is 10.3. The van der Waals surface area contributed by atoms with E-state index in [-0.39, 0.29) is 17.1 Å². The van der Waals surface area contributed by atoms with Crippen molar-refractivity contribution < 1.29 is 9.90 Å². The molecule has 1 amide bonds. The van der Waals surface area contributed by atoms with Crippen LogP contribution in [0.3, 0.4) is 0 Å². The molecule has 17 heavy (non-hydrogen) atoms. The van der Waals surface area contributed by atoms with Gasteiger partial charge in [0.2, 0.25) is 0 Å². The molecule has 0 aliphatic carbocycles. The lowest BCUT2D eigenvalue weighted by Gasteiger charge is -2.04. The predicted molar refractivity (Wildman–Crippen MR) is 68.2 cm³/mol. The molecular weight excluding hydrogens is 283 g/mol. The van der Waals surface area contributed by atoms with Crippen LogP contribution in [0.2, 0.25) is 8.67 Å². The standard InChI is InChI=1S/C10H6Cl2N2O2S/c11-7-4-5(8(12)17-7)10(16)14-9-6(15)2-1-3-13-9/h1-4,15H,(H,13,14,16). The molecule has 2 heterocycles. The van der Waals surface area contributed by atoms with E-state index in [1.165, 1.54) is 18.3 Å². The first kappa shape index (κ1) is 12.2. The van der Waals surface area contributed by atoms with Crippen LogP contribution in [-0.4, -0.2) is 16.0 Å². The number of halogens is 2. The Kier molecular flexibility index (Phi) is 3.51. The zero-order valence-electron chi connectivity index (χ0n) is 8.28. The molecule has 0 aliphatic heterocycles. The van der Waals surface area contributed by atoms with Gasteiger partial charge in [0, 0.05) is 6.20 Å². The van der Waals surface area contributed by atoms with Gasteiger partial charge in [0.15, 0.2) is 11.6 Å². The fourth-order valence-corrected chi connectivity index (χ4v) is 2.62. The molecule has 0 aromatic carbocycles. The maximum Gasteiger partial charge on any atom is 0.259 e. The van der Waals surface area contributed by atoms with Crippen LogP contribution in [0.15, 0.2) is 24.4 Å². The third-order valence-corrected chi connectivity index (χ3v) is 3.41. The second-order valence-electron chi connectivity index (χ2n) is 3.06. The molecule has 7 heteroatoms. The summed E-state index contributed by atoms with van der Waals surface area (Å²) in [6.07, 6.45) is 1.46. The number of pyridine rings is 1. The molecule has 0 saturated heterocycles. The van der Waals surface area contributed by atoms with Crippen LogP contribution in [0.4, 0.5) is 5.82 Å². The Morgan fingerprint density at radius 1 is 1.47 bits per heavy atom. The Morgan fingerprint density at radius 2 is 2.24 bits per heavy atom. The van der Waals surface area contributed by atoms with Crippen molar-refractivity contribution in [2.45, 2.75) is 0 Å². The van der Waals surface area contributed by atoms with Crippen molar-refractivity contribution in [3.63, 3.8) is 0 Å². The zero-order valence-corrected chi connectivity index (χ0v) is 10.6. The fraction of sp³-hybridized carbons (Fsp3) is 0. The van der Waals surface area contributed by atoms with E-state index in [4.69, 9.17) is 23.2 Å². The van der Waals surface area contributed by atoms with Crippen LogP contribution < -0.4 is 5.32 Å². The molecule has 0 unspecified atom stereocenters. The number of aromatic nitrogens is 1. The fourth-order valence-electron chi connectivity index (χ4n) is 1.16. The number of aromatic hydroxyl groups is 1. The van der Waals surface area contributed by atoms with Crippen molar-refractivity contribution in [3.8, 4) is 5.75 Å². The minimum atomic E-state index is -0.466. The molecule has 2 rings (SSSR count). The van der Waals surface area contributed by atoms with Gasteiger partial charge in [0.25, 0.3) is 5.91 Å². The van der Waals surface area contributed by atoms with Gasteiger partial charge >= 0.3 is 0 Å². The van der Waals surface area contributed by atoms with Gasteiger partial charge in [-0.15, -0.1) is 11.3 Å². The molecule has 88 valence electrons. The first-order valence-electron chi connectivity index (χ1n) is 4.48. The van der Waals surface area contributed by atoms with E-state index in [1.807, 2.05) is 0 Å². The predicted octanol–water partition coefficient (Wildman–Crippen LogP) is 3.41. The molecule has 0 atom stereocenters. The number of amides is 1. The van der Waals surface area contributed by atoms with Gasteiger partial charge in [0.1, 0.15) is 4.34 Å². The van der Waals surface area contributed by atoms with Crippen LogP contribution in [0.25, 0.3) is 0 Å². The number of rotatable bonds is 2. The van der Waals surface area contributed by atoms with E-state index >= 15 is 0 Å². The van der Waals surface area contributed by atoms with Gasteiger partial charge in [-0.1, -0.05) is 23.2 Å². The number of nitrogens with zero attached hydrogens (tertiary/aromatic N) is 1. The number of thiophene rings is 1. The van der Waals surface area contributed by atoms with Crippen LogP contribution in [0, 0.1) is 0 Å². The summed E-state index contributed by atoms with van der Waals surface area (Å²) in [5.41, 5.74) is 0.256. The van der Waals surface area contributed by atoms with E-state index in [1.54, 1.807) is 6.07 Å². The summed E-state index contributed by atoms with van der Waals surface area (Å²) in [4.78, 5) is 15.6. The monoisotopic (exact) mass is 288 g/mol. The van der Waals surface area contributed by atoms with E-state index in [2.05, 4.69) is 10.3 Å². The number of carbonyl (C=O) groups is 1. The van der Waals surface area contributed by atoms with Crippen LogP contribution in [-0.2, 0) is 0 Å². The summed E-state index contributed by atoms with van der Waals surface area (Å²) in [7, 11) is 0. The Labute approximate surface area is 111 Å². The normalized spacial score (nSPS) is 10.2. The van der Waals surface area contributed by atoms with E-state index < -0.39 is 5.91 Å². The molecule has 0 bridgehead atoms. The average Bonchev–Trinajstić information content (AvgIpc) is 2.61. The highest BCUT2D eigenvalue weighted by Crippen LogP contribution is 2.32. The number of nitrogens with one attached hydrogen (secondary N) is 1. The molecular formula is C10H6Cl2N2O2S. The van der Waals surface area contributed by atoms with Gasteiger partial charge in [-0.25, -0.2) is 4.98 Å². The highest BCUT2D eigenvalue weighted by Gasteiger charge is 2.15. The van der Waals surface area contributed by atoms with Crippen LogP contribution >= 0.6 is 34.5 Å². The summed E-state index contributed by atoms with van der Waals surface area (Å²) >= 11 is 12.7. The summed E-state index contributed by atoms with van der Waals surface area (Å²) < 4.78 is 0.716. The third-order valence-electron chi connectivity index (χ3n) is 1.92. The van der Waals surface area contributed by atoms with E-state index in [0.29, 0.717) is 8.67 Å². The van der Waals surface area contributed by atoms with Crippen molar-refractivity contribution in [1.82, 2.24) is 4.98 Å². The quantitative estimate of drug-likeness (QED) is 0.890. The van der Waals surface area contributed by atoms with Gasteiger partial charge in [-0.2, -0.15) is 0 Å².